The van der Waals surface area contributed by atoms with Crippen LogP contribution in [0.2, 0.25) is 0 Å². The Morgan fingerprint density at radius 3 is 3.24 bits per heavy atom. The number of hydrogen-bond donors (Lipinski definition) is 1. The molecule has 1 aromatic carbocycles. The molecule has 21 heavy (non-hydrogen) atoms. The van der Waals surface area contributed by atoms with Crippen LogP contribution in [-0.2, 0) is 19.5 Å². The minimum absolute atomic E-state index is 0.0486. The van der Waals surface area contributed by atoms with E-state index in [0.29, 0.717) is 0 Å². The van der Waals surface area contributed by atoms with Crippen LogP contribution in [0, 0.1) is 5.82 Å². The maximum atomic E-state index is 13.2. The standard InChI is InChI=1S/C16H20FN3O/c1-2-5-18-8-14-9-20(11-19-14)10-15-7-12-6-13(17)3-4-16(12)21-15/h3-4,6,9,11,15,18H,2,5,7-8,10H2,1H3. The fourth-order valence-corrected chi connectivity index (χ4v) is 2.62. The van der Waals surface area contributed by atoms with E-state index in [-0.39, 0.29) is 11.9 Å². The molecule has 5 heteroatoms. The number of aromatic nitrogens is 2. The van der Waals surface area contributed by atoms with Gasteiger partial charge in [-0.1, -0.05) is 6.92 Å². The highest BCUT2D eigenvalue weighted by Gasteiger charge is 2.23. The Kier molecular flexibility index (Phi) is 4.20. The smallest absolute Gasteiger partial charge is 0.123 e. The average Bonchev–Trinajstić information content (AvgIpc) is 3.05. The van der Waals surface area contributed by atoms with E-state index in [1.165, 1.54) is 6.07 Å². The van der Waals surface area contributed by atoms with Crippen molar-refractivity contribution in [1.29, 1.82) is 0 Å². The van der Waals surface area contributed by atoms with Gasteiger partial charge in [-0.05, 0) is 31.2 Å². The maximum Gasteiger partial charge on any atom is 0.123 e. The quantitative estimate of drug-likeness (QED) is 0.831. The highest BCUT2D eigenvalue weighted by molar-refractivity contribution is 5.37. The zero-order valence-corrected chi connectivity index (χ0v) is 12.2. The third kappa shape index (κ3) is 3.42. The summed E-state index contributed by atoms with van der Waals surface area (Å²) >= 11 is 0. The molecule has 4 nitrogen and oxygen atoms in total. The lowest BCUT2D eigenvalue weighted by molar-refractivity contribution is 0.209. The molecule has 1 atom stereocenters. The molecular formula is C16H20FN3O. The molecule has 0 fully saturated rings. The summed E-state index contributed by atoms with van der Waals surface area (Å²) in [6.07, 6.45) is 5.78. The molecule has 0 aliphatic carbocycles. The zero-order valence-electron chi connectivity index (χ0n) is 12.2. The van der Waals surface area contributed by atoms with Crippen molar-refractivity contribution in [3.05, 3.63) is 47.8 Å². The molecule has 3 rings (SSSR count). The van der Waals surface area contributed by atoms with Crippen molar-refractivity contribution in [2.24, 2.45) is 0 Å². The van der Waals surface area contributed by atoms with Crippen LogP contribution in [0.1, 0.15) is 24.6 Å². The van der Waals surface area contributed by atoms with E-state index in [1.54, 1.807) is 12.1 Å². The molecule has 1 aliphatic rings. The van der Waals surface area contributed by atoms with Crippen LogP contribution < -0.4 is 10.1 Å². The first kappa shape index (κ1) is 14.1. The number of nitrogens with zero attached hydrogens (tertiary/aromatic N) is 2. The largest absolute Gasteiger partial charge is 0.488 e. The molecule has 0 saturated carbocycles. The number of fused-ring (bicyclic) bond motifs is 1. The third-order valence-electron chi connectivity index (χ3n) is 3.60. The van der Waals surface area contributed by atoms with Crippen LogP contribution in [0.5, 0.6) is 5.75 Å². The first-order valence-electron chi connectivity index (χ1n) is 7.41. The Labute approximate surface area is 124 Å². The SMILES string of the molecule is CCCNCc1cn(CC2Cc3cc(F)ccc3O2)cn1. The van der Waals surface area contributed by atoms with Gasteiger partial charge in [0.25, 0.3) is 0 Å². The summed E-state index contributed by atoms with van der Waals surface area (Å²) in [4.78, 5) is 4.38. The van der Waals surface area contributed by atoms with E-state index in [1.807, 2.05) is 17.1 Å². The molecule has 1 aromatic heterocycles. The van der Waals surface area contributed by atoms with Gasteiger partial charge < -0.3 is 14.6 Å². The molecular weight excluding hydrogens is 269 g/mol. The molecule has 0 amide bonds. The molecule has 0 radical (unpaired) electrons. The fraction of sp³-hybridized carbons (Fsp3) is 0.438. The van der Waals surface area contributed by atoms with Crippen molar-refractivity contribution in [3.63, 3.8) is 0 Å². The molecule has 0 bridgehead atoms. The number of benzene rings is 1. The number of halogens is 1. The normalized spacial score (nSPS) is 16.8. The van der Waals surface area contributed by atoms with Crippen molar-refractivity contribution >= 4 is 0 Å². The minimum atomic E-state index is -0.204. The van der Waals surface area contributed by atoms with Crippen LogP contribution >= 0.6 is 0 Å². The zero-order chi connectivity index (χ0) is 14.7. The highest BCUT2D eigenvalue weighted by atomic mass is 19.1. The van der Waals surface area contributed by atoms with E-state index >= 15 is 0 Å². The fourth-order valence-electron chi connectivity index (χ4n) is 2.62. The van der Waals surface area contributed by atoms with Crippen molar-refractivity contribution < 1.29 is 9.13 Å². The van der Waals surface area contributed by atoms with Crippen LogP contribution in [0.25, 0.3) is 0 Å². The van der Waals surface area contributed by atoms with Crippen LogP contribution in [0.3, 0.4) is 0 Å². The van der Waals surface area contributed by atoms with E-state index in [0.717, 1.165) is 49.5 Å². The molecule has 1 N–H and O–H groups in total. The lowest BCUT2D eigenvalue weighted by atomic mass is 10.1. The van der Waals surface area contributed by atoms with Gasteiger partial charge in [0.2, 0.25) is 0 Å². The Morgan fingerprint density at radius 2 is 2.38 bits per heavy atom. The van der Waals surface area contributed by atoms with E-state index in [4.69, 9.17) is 4.74 Å². The van der Waals surface area contributed by atoms with E-state index in [2.05, 4.69) is 17.2 Å². The number of rotatable bonds is 6. The van der Waals surface area contributed by atoms with Gasteiger partial charge >= 0.3 is 0 Å². The Morgan fingerprint density at radius 1 is 1.48 bits per heavy atom. The first-order chi connectivity index (χ1) is 10.2. The molecule has 2 aromatic rings. The Hall–Kier alpha value is -1.88. The highest BCUT2D eigenvalue weighted by Crippen LogP contribution is 2.29. The summed E-state index contributed by atoms with van der Waals surface area (Å²) in [6.45, 7) is 4.66. The second-order valence-electron chi connectivity index (χ2n) is 5.43. The summed E-state index contributed by atoms with van der Waals surface area (Å²) in [5.41, 5.74) is 1.98. The van der Waals surface area contributed by atoms with Crippen LogP contribution in [-0.4, -0.2) is 22.2 Å². The molecule has 2 heterocycles. The van der Waals surface area contributed by atoms with Gasteiger partial charge in [0, 0.05) is 24.7 Å². The van der Waals surface area contributed by atoms with Crippen molar-refractivity contribution in [2.45, 2.75) is 39.0 Å². The van der Waals surface area contributed by atoms with Gasteiger partial charge in [-0.25, -0.2) is 9.37 Å². The van der Waals surface area contributed by atoms with Gasteiger partial charge in [0.1, 0.15) is 17.7 Å². The van der Waals surface area contributed by atoms with Gasteiger partial charge in [0.15, 0.2) is 0 Å². The number of imidazole rings is 1. The summed E-state index contributed by atoms with van der Waals surface area (Å²) < 4.78 is 21.1. The third-order valence-corrected chi connectivity index (χ3v) is 3.60. The molecule has 0 saturated heterocycles. The number of nitrogens with one attached hydrogen (secondary N) is 1. The summed E-state index contributed by atoms with van der Waals surface area (Å²) in [6, 6.07) is 4.71. The Balaban J connectivity index is 1.56. The van der Waals surface area contributed by atoms with Gasteiger partial charge in [-0.2, -0.15) is 0 Å². The van der Waals surface area contributed by atoms with E-state index in [9.17, 15) is 4.39 Å². The van der Waals surface area contributed by atoms with E-state index < -0.39 is 0 Å². The first-order valence-corrected chi connectivity index (χ1v) is 7.41. The molecule has 0 spiro atoms. The topological polar surface area (TPSA) is 39.1 Å². The number of ether oxygens (including phenoxy) is 1. The lowest BCUT2D eigenvalue weighted by Crippen LogP contribution is -2.20. The van der Waals surface area contributed by atoms with Gasteiger partial charge in [-0.3, -0.25) is 0 Å². The summed E-state index contributed by atoms with van der Waals surface area (Å²) in [7, 11) is 0. The number of hydrogen-bond acceptors (Lipinski definition) is 3. The monoisotopic (exact) mass is 289 g/mol. The summed E-state index contributed by atoms with van der Waals surface area (Å²) in [5, 5.41) is 3.33. The maximum absolute atomic E-state index is 13.2. The second kappa shape index (κ2) is 6.26. The molecule has 112 valence electrons. The van der Waals surface area contributed by atoms with Gasteiger partial charge in [0.05, 0.1) is 18.6 Å². The minimum Gasteiger partial charge on any atom is -0.488 e. The average molecular weight is 289 g/mol. The van der Waals surface area contributed by atoms with Crippen molar-refractivity contribution in [1.82, 2.24) is 14.9 Å². The van der Waals surface area contributed by atoms with Gasteiger partial charge in [-0.15, -0.1) is 0 Å². The van der Waals surface area contributed by atoms with Crippen molar-refractivity contribution in [2.75, 3.05) is 6.54 Å². The molecule has 1 unspecified atom stereocenters. The lowest BCUT2D eigenvalue weighted by Gasteiger charge is -2.10. The second-order valence-corrected chi connectivity index (χ2v) is 5.43. The Bertz CT molecular complexity index is 611. The summed E-state index contributed by atoms with van der Waals surface area (Å²) in [5.74, 6) is 0.594. The predicted molar refractivity (Wildman–Crippen MR) is 78.7 cm³/mol. The predicted octanol–water partition coefficient (Wildman–Crippen LogP) is 2.53. The van der Waals surface area contributed by atoms with Crippen LogP contribution in [0.15, 0.2) is 30.7 Å². The molecule has 1 aliphatic heterocycles. The van der Waals surface area contributed by atoms with Crippen LogP contribution in [0.4, 0.5) is 4.39 Å². The van der Waals surface area contributed by atoms with Crippen molar-refractivity contribution in [3.8, 4) is 5.75 Å².